The van der Waals surface area contributed by atoms with Crippen LogP contribution in [0, 0.1) is 10.8 Å². The van der Waals surface area contributed by atoms with Gasteiger partial charge in [-0.05, 0) is 45.1 Å². The third kappa shape index (κ3) is 2.56. The molecule has 3 atom stereocenters. The molecule has 2 bridgehead atoms. The van der Waals surface area contributed by atoms with E-state index in [9.17, 15) is 9.59 Å². The van der Waals surface area contributed by atoms with Crippen LogP contribution < -0.4 is 0 Å². The first kappa shape index (κ1) is 17.5. The van der Waals surface area contributed by atoms with Gasteiger partial charge in [-0.25, -0.2) is 0 Å². The van der Waals surface area contributed by atoms with Gasteiger partial charge in [0.15, 0.2) is 0 Å². The van der Waals surface area contributed by atoms with Crippen molar-refractivity contribution >= 4 is 11.9 Å². The van der Waals surface area contributed by atoms with Crippen molar-refractivity contribution in [3.8, 4) is 0 Å². The van der Waals surface area contributed by atoms with Crippen molar-refractivity contribution in [2.24, 2.45) is 10.8 Å². The highest BCUT2D eigenvalue weighted by atomic mass is 16.5. The Kier molecular flexibility index (Phi) is 4.30. The molecule has 3 saturated heterocycles. The zero-order valence-electron chi connectivity index (χ0n) is 15.6. The Balaban J connectivity index is 1.66. The number of carbonyl (C=O) groups excluding carboxylic acids is 2. The second-order valence-electron chi connectivity index (χ2n) is 8.26. The SMILES string of the molecule is CCOC(=O)[C@@]1(Cc2ccccc2)C[C@H]2CC[C@@H]1N2C(=O)C1(C)COC1. The van der Waals surface area contributed by atoms with Crippen LogP contribution in [0.15, 0.2) is 30.3 Å². The number of rotatable bonds is 5. The highest BCUT2D eigenvalue weighted by Crippen LogP contribution is 2.53. The van der Waals surface area contributed by atoms with Crippen molar-refractivity contribution in [2.75, 3.05) is 19.8 Å². The summed E-state index contributed by atoms with van der Waals surface area (Å²) in [4.78, 5) is 28.3. The van der Waals surface area contributed by atoms with Crippen LogP contribution in [-0.2, 0) is 25.5 Å². The average Bonchev–Trinajstić information content (AvgIpc) is 3.16. The van der Waals surface area contributed by atoms with Crippen molar-refractivity contribution in [3.63, 3.8) is 0 Å². The van der Waals surface area contributed by atoms with E-state index in [4.69, 9.17) is 9.47 Å². The minimum Gasteiger partial charge on any atom is -0.465 e. The summed E-state index contributed by atoms with van der Waals surface area (Å²) in [5, 5.41) is 0. The van der Waals surface area contributed by atoms with E-state index in [1.54, 1.807) is 0 Å². The second-order valence-corrected chi connectivity index (χ2v) is 8.26. The standard InChI is InChI=1S/C21H27NO4/c1-3-26-19(24)21(11-15-7-5-4-6-8-15)12-16-9-10-17(21)22(16)18(23)20(2)13-25-14-20/h4-8,16-17H,3,9-14H2,1-2H3/t16-,17+,21+/m1/s1. The molecule has 1 aromatic rings. The maximum absolute atomic E-state index is 13.2. The van der Waals surface area contributed by atoms with Gasteiger partial charge in [-0.3, -0.25) is 9.59 Å². The highest BCUT2D eigenvalue weighted by Gasteiger charge is 2.63. The van der Waals surface area contributed by atoms with E-state index in [1.165, 1.54) is 0 Å². The fraction of sp³-hybridized carbons (Fsp3) is 0.619. The van der Waals surface area contributed by atoms with Gasteiger partial charge in [-0.15, -0.1) is 0 Å². The molecule has 3 aliphatic rings. The predicted octanol–water partition coefficient (Wildman–Crippen LogP) is 2.58. The topological polar surface area (TPSA) is 55.8 Å². The van der Waals surface area contributed by atoms with Gasteiger partial charge in [-0.1, -0.05) is 30.3 Å². The molecule has 0 spiro atoms. The molecule has 5 nitrogen and oxygen atoms in total. The fourth-order valence-corrected chi connectivity index (χ4v) is 5.05. The van der Waals surface area contributed by atoms with E-state index in [1.807, 2.05) is 36.9 Å². The third-order valence-electron chi connectivity index (χ3n) is 6.38. The van der Waals surface area contributed by atoms with Crippen molar-refractivity contribution in [2.45, 2.75) is 51.6 Å². The summed E-state index contributed by atoms with van der Waals surface area (Å²) < 4.78 is 10.8. The van der Waals surface area contributed by atoms with Crippen LogP contribution in [0.25, 0.3) is 0 Å². The Morgan fingerprint density at radius 1 is 1.23 bits per heavy atom. The maximum atomic E-state index is 13.2. The van der Waals surface area contributed by atoms with E-state index in [2.05, 4.69) is 12.1 Å². The van der Waals surface area contributed by atoms with E-state index >= 15 is 0 Å². The van der Waals surface area contributed by atoms with Gasteiger partial charge in [0.2, 0.25) is 5.91 Å². The molecule has 0 unspecified atom stereocenters. The van der Waals surface area contributed by atoms with E-state index in [0.717, 1.165) is 18.4 Å². The zero-order valence-corrected chi connectivity index (χ0v) is 15.6. The molecule has 1 amide bonds. The van der Waals surface area contributed by atoms with Crippen LogP contribution in [0.5, 0.6) is 0 Å². The predicted molar refractivity (Wildman–Crippen MR) is 96.4 cm³/mol. The molecule has 0 aliphatic carbocycles. The normalized spacial score (nSPS) is 31.5. The molecule has 0 N–H and O–H groups in total. The quantitative estimate of drug-likeness (QED) is 0.760. The summed E-state index contributed by atoms with van der Waals surface area (Å²) in [6, 6.07) is 10.2. The molecule has 1 aromatic carbocycles. The van der Waals surface area contributed by atoms with Gasteiger partial charge in [-0.2, -0.15) is 0 Å². The van der Waals surface area contributed by atoms with Crippen molar-refractivity contribution in [3.05, 3.63) is 35.9 Å². The van der Waals surface area contributed by atoms with Crippen LogP contribution in [-0.4, -0.2) is 48.7 Å². The zero-order chi connectivity index (χ0) is 18.4. The van der Waals surface area contributed by atoms with Gasteiger partial charge in [0.05, 0.1) is 30.7 Å². The lowest BCUT2D eigenvalue weighted by atomic mass is 9.70. The number of nitrogens with zero attached hydrogens (tertiary/aromatic N) is 1. The van der Waals surface area contributed by atoms with Crippen LogP contribution >= 0.6 is 0 Å². The number of hydrogen-bond donors (Lipinski definition) is 0. The minimum atomic E-state index is -0.628. The van der Waals surface area contributed by atoms with Gasteiger partial charge in [0.25, 0.3) is 0 Å². The number of hydrogen-bond acceptors (Lipinski definition) is 4. The van der Waals surface area contributed by atoms with Gasteiger partial charge < -0.3 is 14.4 Å². The fourth-order valence-electron chi connectivity index (χ4n) is 5.05. The minimum absolute atomic E-state index is 0.0725. The third-order valence-corrected chi connectivity index (χ3v) is 6.38. The smallest absolute Gasteiger partial charge is 0.314 e. The molecule has 3 aliphatic heterocycles. The summed E-state index contributed by atoms with van der Waals surface area (Å²) >= 11 is 0. The molecule has 26 heavy (non-hydrogen) atoms. The monoisotopic (exact) mass is 357 g/mol. The number of fused-ring (bicyclic) bond motifs is 2. The van der Waals surface area contributed by atoms with Crippen LogP contribution in [0.4, 0.5) is 0 Å². The van der Waals surface area contributed by atoms with Crippen molar-refractivity contribution in [1.82, 2.24) is 4.90 Å². The summed E-state index contributed by atoms with van der Waals surface area (Å²) in [6.07, 6.45) is 3.18. The van der Waals surface area contributed by atoms with E-state index in [-0.39, 0.29) is 24.0 Å². The van der Waals surface area contributed by atoms with Crippen LogP contribution in [0.2, 0.25) is 0 Å². The summed E-state index contributed by atoms with van der Waals surface area (Å²) in [5.74, 6) is -0.000601. The number of benzene rings is 1. The molecule has 0 radical (unpaired) electrons. The summed E-state index contributed by atoms with van der Waals surface area (Å²) in [6.45, 7) is 5.14. The number of ether oxygens (including phenoxy) is 2. The van der Waals surface area contributed by atoms with Gasteiger partial charge in [0.1, 0.15) is 0 Å². The second kappa shape index (κ2) is 6.38. The largest absolute Gasteiger partial charge is 0.465 e. The van der Waals surface area contributed by atoms with Crippen molar-refractivity contribution < 1.29 is 19.1 Å². The Bertz CT molecular complexity index is 699. The molecule has 140 valence electrons. The number of amides is 1. The number of carbonyl (C=O) groups is 2. The lowest BCUT2D eigenvalue weighted by Crippen LogP contribution is -2.56. The van der Waals surface area contributed by atoms with Crippen LogP contribution in [0.3, 0.4) is 0 Å². The first-order valence-electron chi connectivity index (χ1n) is 9.62. The molecule has 0 aromatic heterocycles. The molecule has 3 heterocycles. The first-order valence-corrected chi connectivity index (χ1v) is 9.62. The Morgan fingerprint density at radius 2 is 1.96 bits per heavy atom. The van der Waals surface area contributed by atoms with Crippen LogP contribution in [0.1, 0.15) is 38.7 Å². The Labute approximate surface area is 154 Å². The molecule has 4 rings (SSSR count). The average molecular weight is 357 g/mol. The van der Waals surface area contributed by atoms with E-state index < -0.39 is 10.8 Å². The summed E-state index contributed by atoms with van der Waals surface area (Å²) in [5.41, 5.74) is 0.0635. The summed E-state index contributed by atoms with van der Waals surface area (Å²) in [7, 11) is 0. The Morgan fingerprint density at radius 3 is 2.58 bits per heavy atom. The van der Waals surface area contributed by atoms with E-state index in [0.29, 0.717) is 32.7 Å². The molecule has 5 heteroatoms. The lowest BCUT2D eigenvalue weighted by Gasteiger charge is -2.42. The molecule has 0 saturated carbocycles. The lowest BCUT2D eigenvalue weighted by molar-refractivity contribution is -0.171. The first-order chi connectivity index (χ1) is 12.5. The van der Waals surface area contributed by atoms with Gasteiger partial charge in [0, 0.05) is 12.1 Å². The molecule has 3 fully saturated rings. The highest BCUT2D eigenvalue weighted by molar-refractivity contribution is 5.87. The Hall–Kier alpha value is -1.88. The maximum Gasteiger partial charge on any atom is 0.314 e. The molecular formula is C21H27NO4. The van der Waals surface area contributed by atoms with Gasteiger partial charge >= 0.3 is 5.97 Å². The number of esters is 1. The molecular weight excluding hydrogens is 330 g/mol. The van der Waals surface area contributed by atoms with Crippen molar-refractivity contribution in [1.29, 1.82) is 0 Å².